The highest BCUT2D eigenvalue weighted by molar-refractivity contribution is 8.17. The molecule has 0 aromatic heterocycles. The van der Waals surface area contributed by atoms with E-state index in [1.807, 2.05) is 13.8 Å². The summed E-state index contributed by atoms with van der Waals surface area (Å²) < 4.78 is 23.0. The maximum absolute atomic E-state index is 11.5. The minimum Gasteiger partial charge on any atom is -0.360 e. The minimum atomic E-state index is -3.20. The van der Waals surface area contributed by atoms with Crippen LogP contribution in [0.15, 0.2) is 0 Å². The lowest BCUT2D eigenvalue weighted by Crippen LogP contribution is -2.30. The van der Waals surface area contributed by atoms with Crippen molar-refractivity contribution in [3.63, 3.8) is 0 Å². The summed E-state index contributed by atoms with van der Waals surface area (Å²) in [5.41, 5.74) is 0. The molecular formula is C8H17NO2S2. The largest absolute Gasteiger partial charge is 0.360 e. The second kappa shape index (κ2) is 4.91. The van der Waals surface area contributed by atoms with Crippen molar-refractivity contribution in [3.8, 4) is 0 Å². The predicted molar refractivity (Wildman–Crippen MR) is 59.5 cm³/mol. The smallest absolute Gasteiger partial charge is 0.204 e. The van der Waals surface area contributed by atoms with E-state index >= 15 is 0 Å². The molecule has 0 fully saturated rings. The molecular weight excluding hydrogens is 206 g/mol. The van der Waals surface area contributed by atoms with Crippen LogP contribution >= 0.6 is 12.2 Å². The maximum atomic E-state index is 11.5. The van der Waals surface area contributed by atoms with Crippen molar-refractivity contribution in [2.75, 3.05) is 19.8 Å². The van der Waals surface area contributed by atoms with E-state index in [1.54, 1.807) is 14.1 Å². The van der Waals surface area contributed by atoms with E-state index in [1.165, 1.54) is 4.90 Å². The predicted octanol–water partition coefficient (Wildman–Crippen LogP) is 1.29. The summed E-state index contributed by atoms with van der Waals surface area (Å²) in [5.74, 6) is 0.543. The molecule has 0 rings (SSSR count). The van der Waals surface area contributed by atoms with Crippen molar-refractivity contribution in [1.82, 2.24) is 4.90 Å². The molecule has 13 heavy (non-hydrogen) atoms. The molecule has 0 aromatic carbocycles. The lowest BCUT2D eigenvalue weighted by atomic mass is 10.2. The quantitative estimate of drug-likeness (QED) is 0.676. The second-order valence-corrected chi connectivity index (χ2v) is 6.33. The summed E-state index contributed by atoms with van der Waals surface area (Å²) in [7, 11) is 0.0989. The molecule has 3 nitrogen and oxygen atoms in total. The molecule has 0 spiro atoms. The summed E-state index contributed by atoms with van der Waals surface area (Å²) in [4.78, 5) is 1.46. The molecule has 0 heterocycles. The van der Waals surface area contributed by atoms with Crippen molar-refractivity contribution in [1.29, 1.82) is 0 Å². The topological polar surface area (TPSA) is 37.4 Å². The minimum absolute atomic E-state index is 0.0353. The lowest BCUT2D eigenvalue weighted by Gasteiger charge is -2.14. The van der Waals surface area contributed by atoms with Crippen LogP contribution in [0, 0.1) is 5.92 Å². The van der Waals surface area contributed by atoms with Crippen molar-refractivity contribution >= 4 is 26.4 Å². The zero-order valence-corrected chi connectivity index (χ0v) is 10.2. The van der Waals surface area contributed by atoms with Crippen LogP contribution < -0.4 is 0 Å². The molecule has 0 aliphatic heterocycles. The Hall–Kier alpha value is -0.160. The van der Waals surface area contributed by atoms with E-state index in [-0.39, 0.29) is 10.1 Å². The zero-order chi connectivity index (χ0) is 10.6. The SMILES string of the molecule is CC(C)CCS(=O)(=O)C(=S)N(C)C. The van der Waals surface area contributed by atoms with E-state index in [4.69, 9.17) is 12.2 Å². The van der Waals surface area contributed by atoms with Gasteiger partial charge in [-0.25, -0.2) is 8.42 Å². The third-order valence-corrected chi connectivity index (χ3v) is 4.39. The van der Waals surface area contributed by atoms with Crippen LogP contribution in [-0.2, 0) is 9.84 Å². The molecule has 0 radical (unpaired) electrons. The van der Waals surface area contributed by atoms with Crippen LogP contribution in [0.3, 0.4) is 0 Å². The van der Waals surface area contributed by atoms with Crippen molar-refractivity contribution in [2.45, 2.75) is 20.3 Å². The van der Waals surface area contributed by atoms with Crippen LogP contribution in [-0.4, -0.2) is 37.5 Å². The lowest BCUT2D eigenvalue weighted by molar-refractivity contribution is 0.573. The Kier molecular flexibility index (Phi) is 4.85. The zero-order valence-electron chi connectivity index (χ0n) is 8.57. The van der Waals surface area contributed by atoms with Crippen LogP contribution in [0.2, 0.25) is 0 Å². The molecule has 0 aliphatic carbocycles. The molecule has 0 bridgehead atoms. The summed E-state index contributed by atoms with van der Waals surface area (Å²) in [6.07, 6.45) is 0.663. The standard InChI is InChI=1S/C8H17NO2S2/c1-7(2)5-6-13(10,11)8(12)9(3)4/h7H,5-6H2,1-4H3. The van der Waals surface area contributed by atoms with E-state index in [9.17, 15) is 8.42 Å². The van der Waals surface area contributed by atoms with E-state index in [0.717, 1.165) is 0 Å². The molecule has 0 aliphatic rings. The van der Waals surface area contributed by atoms with Gasteiger partial charge in [0.2, 0.25) is 9.84 Å². The maximum Gasteiger partial charge on any atom is 0.204 e. The first-order chi connectivity index (χ1) is 5.77. The Morgan fingerprint density at radius 3 is 2.15 bits per heavy atom. The van der Waals surface area contributed by atoms with Crippen LogP contribution in [0.25, 0.3) is 0 Å². The number of hydrogen-bond acceptors (Lipinski definition) is 3. The Bertz CT molecular complexity index is 268. The van der Waals surface area contributed by atoms with E-state index in [2.05, 4.69) is 0 Å². The fourth-order valence-electron chi connectivity index (χ4n) is 0.756. The molecule has 0 unspecified atom stereocenters. The van der Waals surface area contributed by atoms with Crippen LogP contribution in [0.4, 0.5) is 0 Å². The summed E-state index contributed by atoms with van der Waals surface area (Å²) >= 11 is 4.80. The fraction of sp³-hybridized carbons (Fsp3) is 0.875. The van der Waals surface area contributed by atoms with Gasteiger partial charge in [-0.2, -0.15) is 0 Å². The molecule has 0 amide bonds. The normalized spacial score (nSPS) is 11.8. The van der Waals surface area contributed by atoms with Gasteiger partial charge < -0.3 is 4.90 Å². The van der Waals surface area contributed by atoms with Gasteiger partial charge in [0.15, 0.2) is 4.32 Å². The van der Waals surface area contributed by atoms with E-state index in [0.29, 0.717) is 12.3 Å². The third-order valence-electron chi connectivity index (χ3n) is 1.60. The number of thiocarbonyl (C=S) groups is 1. The molecule has 0 saturated heterocycles. The molecule has 0 aromatic rings. The molecule has 0 N–H and O–H groups in total. The first-order valence-corrected chi connectivity index (χ1v) is 6.27. The third kappa shape index (κ3) is 4.57. The van der Waals surface area contributed by atoms with E-state index < -0.39 is 9.84 Å². The molecule has 5 heteroatoms. The van der Waals surface area contributed by atoms with Gasteiger partial charge in [0.05, 0.1) is 5.75 Å². The van der Waals surface area contributed by atoms with Gasteiger partial charge in [-0.15, -0.1) is 0 Å². The second-order valence-electron chi connectivity index (χ2n) is 3.66. The Morgan fingerprint density at radius 1 is 1.38 bits per heavy atom. The fourth-order valence-corrected chi connectivity index (χ4v) is 2.52. The molecule has 0 saturated carbocycles. The molecule has 78 valence electrons. The van der Waals surface area contributed by atoms with Crippen molar-refractivity contribution in [2.24, 2.45) is 5.92 Å². The molecule has 0 atom stereocenters. The van der Waals surface area contributed by atoms with Gasteiger partial charge in [0.25, 0.3) is 0 Å². The van der Waals surface area contributed by atoms with Gasteiger partial charge >= 0.3 is 0 Å². The van der Waals surface area contributed by atoms with Gasteiger partial charge in [0, 0.05) is 14.1 Å². The Balaban J connectivity index is 4.34. The Labute approximate surface area is 86.0 Å². The monoisotopic (exact) mass is 223 g/mol. The summed E-state index contributed by atoms with van der Waals surface area (Å²) in [6, 6.07) is 0. The van der Waals surface area contributed by atoms with Gasteiger partial charge in [-0.3, -0.25) is 0 Å². The number of nitrogens with zero attached hydrogens (tertiary/aromatic N) is 1. The van der Waals surface area contributed by atoms with Crippen LogP contribution in [0.5, 0.6) is 0 Å². The van der Waals surface area contributed by atoms with Crippen molar-refractivity contribution in [3.05, 3.63) is 0 Å². The summed E-state index contributed by atoms with van der Waals surface area (Å²) in [6.45, 7) is 3.99. The summed E-state index contributed by atoms with van der Waals surface area (Å²) in [5, 5.41) is 0. The highest BCUT2D eigenvalue weighted by Gasteiger charge is 2.19. The van der Waals surface area contributed by atoms with Crippen LogP contribution in [0.1, 0.15) is 20.3 Å². The first kappa shape index (κ1) is 12.8. The Morgan fingerprint density at radius 2 is 1.85 bits per heavy atom. The van der Waals surface area contributed by atoms with Gasteiger partial charge in [0.1, 0.15) is 0 Å². The first-order valence-electron chi connectivity index (χ1n) is 4.21. The highest BCUT2D eigenvalue weighted by atomic mass is 32.2. The van der Waals surface area contributed by atoms with Crippen molar-refractivity contribution < 1.29 is 8.42 Å². The van der Waals surface area contributed by atoms with Gasteiger partial charge in [-0.1, -0.05) is 13.8 Å². The average Bonchev–Trinajstić information content (AvgIpc) is 1.99. The highest BCUT2D eigenvalue weighted by Crippen LogP contribution is 2.06. The number of sulfone groups is 1. The van der Waals surface area contributed by atoms with Gasteiger partial charge in [-0.05, 0) is 24.6 Å². The average molecular weight is 223 g/mol. The number of hydrogen-bond donors (Lipinski definition) is 0. The number of rotatable bonds is 3.